The molecule has 1 fully saturated rings. The highest BCUT2D eigenvalue weighted by Crippen LogP contribution is 2.48. The molecule has 2 aromatic rings. The molecule has 1 aromatic heterocycles. The van der Waals surface area contributed by atoms with Crippen molar-refractivity contribution in [2.75, 3.05) is 20.8 Å². The molecule has 0 amide bonds. The van der Waals surface area contributed by atoms with Gasteiger partial charge in [0.25, 0.3) is 5.56 Å². The molecule has 2 unspecified atom stereocenters. The third-order valence-electron chi connectivity index (χ3n) is 5.51. The number of benzene rings is 1. The summed E-state index contributed by atoms with van der Waals surface area (Å²) in [6.45, 7) is 6.82. The monoisotopic (exact) mass is 417 g/mol. The summed E-state index contributed by atoms with van der Waals surface area (Å²) in [4.78, 5) is 17.8. The Morgan fingerprint density at radius 3 is 2.79 bits per heavy atom. The number of thioether (sulfide) groups is 1. The number of hydrogen-bond donors (Lipinski definition) is 1. The molecule has 2 aliphatic rings. The van der Waals surface area contributed by atoms with Crippen molar-refractivity contribution in [2.24, 2.45) is 4.99 Å². The van der Waals surface area contributed by atoms with E-state index in [0.717, 1.165) is 29.3 Å². The molecule has 2 atom stereocenters. The summed E-state index contributed by atoms with van der Waals surface area (Å²) < 4.78 is 18.7. The van der Waals surface area contributed by atoms with Gasteiger partial charge in [0, 0.05) is 18.2 Å². The van der Waals surface area contributed by atoms with Crippen molar-refractivity contribution in [3.05, 3.63) is 39.7 Å². The molecule has 2 aliphatic heterocycles. The average molecular weight is 418 g/mol. The van der Waals surface area contributed by atoms with E-state index < -0.39 is 0 Å². The third kappa shape index (κ3) is 3.71. The molecule has 0 aliphatic carbocycles. The molecule has 3 heterocycles. The van der Waals surface area contributed by atoms with Gasteiger partial charge in [0.15, 0.2) is 5.82 Å². The highest BCUT2D eigenvalue weighted by molar-refractivity contribution is 8.14. The van der Waals surface area contributed by atoms with Gasteiger partial charge in [-0.15, -0.1) is 0 Å². The van der Waals surface area contributed by atoms with Gasteiger partial charge in [0.2, 0.25) is 0 Å². The highest BCUT2D eigenvalue weighted by Gasteiger charge is 2.36. The number of aliphatic imine (C=N–C) groups is 1. The van der Waals surface area contributed by atoms with Gasteiger partial charge in [-0.05, 0) is 39.7 Å². The summed E-state index contributed by atoms with van der Waals surface area (Å²) in [5.41, 5.74) is 1.28. The number of aromatic amines is 1. The summed E-state index contributed by atoms with van der Waals surface area (Å²) >= 11 is 1.57. The smallest absolute Gasteiger partial charge is 0.271 e. The Kier molecular flexibility index (Phi) is 5.25. The Hall–Kier alpha value is -2.19. The first-order valence-electron chi connectivity index (χ1n) is 9.75. The molecule has 7 nitrogen and oxygen atoms in total. The zero-order valence-electron chi connectivity index (χ0n) is 17.4. The maximum Gasteiger partial charge on any atom is 0.271 e. The number of hydrogen-bond acceptors (Lipinski definition) is 6. The maximum absolute atomic E-state index is 13.0. The van der Waals surface area contributed by atoms with Crippen molar-refractivity contribution in [1.82, 2.24) is 9.78 Å². The minimum absolute atomic E-state index is 0.101. The standard InChI is InChI=1S/C21H27N3O4S/c1-12-22-19-17(18(29-12)15-7-6-14(26-4)10-16(15)27-5)20(25)23-24(19)13-8-9-28-21(2,3)11-13/h6-7,10,13,18H,8-9,11H2,1-5H3,(H,23,25). The molecule has 0 radical (unpaired) electrons. The normalized spacial score (nSPS) is 23.3. The van der Waals surface area contributed by atoms with E-state index in [1.54, 1.807) is 26.0 Å². The molecular weight excluding hydrogens is 390 g/mol. The molecule has 1 saturated heterocycles. The van der Waals surface area contributed by atoms with Crippen LogP contribution in [0, 0.1) is 0 Å². The minimum Gasteiger partial charge on any atom is -0.497 e. The van der Waals surface area contributed by atoms with Crippen LogP contribution in [0.4, 0.5) is 5.82 Å². The number of ether oxygens (including phenoxy) is 3. The quantitative estimate of drug-likeness (QED) is 0.806. The van der Waals surface area contributed by atoms with Crippen molar-refractivity contribution in [3.8, 4) is 11.5 Å². The van der Waals surface area contributed by atoms with Crippen LogP contribution >= 0.6 is 11.8 Å². The van der Waals surface area contributed by atoms with E-state index in [4.69, 9.17) is 19.2 Å². The lowest BCUT2D eigenvalue weighted by molar-refractivity contribution is -0.0705. The van der Waals surface area contributed by atoms with Gasteiger partial charge in [-0.2, -0.15) is 0 Å². The predicted octanol–water partition coefficient (Wildman–Crippen LogP) is 4.21. The van der Waals surface area contributed by atoms with Gasteiger partial charge < -0.3 is 14.2 Å². The van der Waals surface area contributed by atoms with E-state index in [1.165, 1.54) is 0 Å². The van der Waals surface area contributed by atoms with Gasteiger partial charge >= 0.3 is 0 Å². The first kappa shape index (κ1) is 20.1. The summed E-state index contributed by atoms with van der Waals surface area (Å²) in [6, 6.07) is 5.86. The molecule has 0 spiro atoms. The van der Waals surface area contributed by atoms with Crippen LogP contribution in [-0.2, 0) is 4.74 Å². The van der Waals surface area contributed by atoms with Crippen LogP contribution in [0.3, 0.4) is 0 Å². The van der Waals surface area contributed by atoms with E-state index >= 15 is 0 Å². The molecule has 8 heteroatoms. The molecular formula is C21H27N3O4S. The number of aromatic nitrogens is 2. The van der Waals surface area contributed by atoms with Gasteiger partial charge in [-0.3, -0.25) is 14.6 Å². The van der Waals surface area contributed by atoms with E-state index in [-0.39, 0.29) is 22.5 Å². The molecule has 1 aromatic carbocycles. The number of rotatable bonds is 4. The molecule has 4 rings (SSSR count). The lowest BCUT2D eigenvalue weighted by atomic mass is 9.94. The maximum atomic E-state index is 13.0. The Morgan fingerprint density at radius 2 is 2.10 bits per heavy atom. The van der Waals surface area contributed by atoms with E-state index in [9.17, 15) is 4.79 Å². The van der Waals surface area contributed by atoms with E-state index in [0.29, 0.717) is 23.7 Å². The molecule has 1 N–H and O–H groups in total. The third-order valence-corrected chi connectivity index (χ3v) is 6.67. The number of H-pyrrole nitrogens is 1. The number of methoxy groups -OCH3 is 2. The fourth-order valence-electron chi connectivity index (χ4n) is 4.15. The van der Waals surface area contributed by atoms with Gasteiger partial charge in [-0.1, -0.05) is 17.8 Å². The topological polar surface area (TPSA) is 77.8 Å². The zero-order chi connectivity index (χ0) is 20.8. The van der Waals surface area contributed by atoms with Gasteiger partial charge in [-0.25, -0.2) is 4.99 Å². The minimum atomic E-state index is -0.224. The molecule has 156 valence electrons. The number of nitrogens with one attached hydrogen (secondary N) is 1. The largest absolute Gasteiger partial charge is 0.497 e. The van der Waals surface area contributed by atoms with Crippen LogP contribution in [0.5, 0.6) is 11.5 Å². The van der Waals surface area contributed by atoms with Crippen LogP contribution in [0.25, 0.3) is 0 Å². The van der Waals surface area contributed by atoms with Crippen LogP contribution in [0.2, 0.25) is 0 Å². The molecule has 29 heavy (non-hydrogen) atoms. The van der Waals surface area contributed by atoms with Crippen LogP contribution in [0.15, 0.2) is 28.0 Å². The van der Waals surface area contributed by atoms with E-state index in [1.807, 2.05) is 29.8 Å². The molecule has 0 bridgehead atoms. The molecule has 0 saturated carbocycles. The summed E-state index contributed by atoms with van der Waals surface area (Å²) in [5, 5.41) is 3.79. The second-order valence-electron chi connectivity index (χ2n) is 8.04. The summed E-state index contributed by atoms with van der Waals surface area (Å²) in [5.74, 6) is 2.13. The Morgan fingerprint density at radius 1 is 1.31 bits per heavy atom. The van der Waals surface area contributed by atoms with Gasteiger partial charge in [0.1, 0.15) is 11.5 Å². The fraction of sp³-hybridized carbons (Fsp3) is 0.524. The second-order valence-corrected chi connectivity index (χ2v) is 9.34. The lowest BCUT2D eigenvalue weighted by Gasteiger charge is -2.36. The Labute approximate surface area is 174 Å². The van der Waals surface area contributed by atoms with Crippen LogP contribution in [0.1, 0.15) is 56.0 Å². The van der Waals surface area contributed by atoms with Crippen molar-refractivity contribution < 1.29 is 14.2 Å². The van der Waals surface area contributed by atoms with Crippen molar-refractivity contribution in [2.45, 2.75) is 50.5 Å². The second kappa shape index (κ2) is 7.57. The van der Waals surface area contributed by atoms with Crippen LogP contribution < -0.4 is 15.0 Å². The SMILES string of the molecule is COc1ccc(C2SC(C)=Nc3c2c(=O)[nH]n3C2CCOC(C)(C)C2)c(OC)c1. The van der Waals surface area contributed by atoms with Crippen molar-refractivity contribution in [1.29, 1.82) is 0 Å². The first-order chi connectivity index (χ1) is 13.8. The van der Waals surface area contributed by atoms with E-state index in [2.05, 4.69) is 18.9 Å². The fourth-order valence-corrected chi connectivity index (χ4v) is 5.28. The Bertz CT molecular complexity index is 1010. The summed E-state index contributed by atoms with van der Waals surface area (Å²) in [6.07, 6.45) is 1.67. The van der Waals surface area contributed by atoms with Crippen LogP contribution in [-0.4, -0.2) is 41.3 Å². The number of nitrogens with zero attached hydrogens (tertiary/aromatic N) is 2. The first-order valence-corrected chi connectivity index (χ1v) is 10.6. The van der Waals surface area contributed by atoms with Crippen molar-refractivity contribution >= 4 is 22.6 Å². The summed E-state index contributed by atoms with van der Waals surface area (Å²) in [7, 11) is 3.26. The predicted molar refractivity (Wildman–Crippen MR) is 115 cm³/mol. The zero-order valence-corrected chi connectivity index (χ0v) is 18.3. The Balaban J connectivity index is 1.81. The van der Waals surface area contributed by atoms with Crippen molar-refractivity contribution in [3.63, 3.8) is 0 Å². The van der Waals surface area contributed by atoms with Gasteiger partial charge in [0.05, 0.1) is 41.7 Å². The number of fused-ring (bicyclic) bond motifs is 1. The lowest BCUT2D eigenvalue weighted by Crippen LogP contribution is -2.35. The highest BCUT2D eigenvalue weighted by atomic mass is 32.2. The average Bonchev–Trinajstić information content (AvgIpc) is 3.02.